The van der Waals surface area contributed by atoms with Crippen molar-refractivity contribution in [2.75, 3.05) is 18.5 Å². The Morgan fingerprint density at radius 3 is 2.37 bits per heavy atom. The zero-order valence-electron chi connectivity index (χ0n) is 15.8. The zero-order valence-corrected chi connectivity index (χ0v) is 15.8. The Morgan fingerprint density at radius 2 is 1.78 bits per heavy atom. The predicted molar refractivity (Wildman–Crippen MR) is 106 cm³/mol. The number of carbonyl (C=O) groups excluding carboxylic acids is 1. The monoisotopic (exact) mass is 368 g/mol. The van der Waals surface area contributed by atoms with Crippen molar-refractivity contribution in [2.45, 2.75) is 32.9 Å². The van der Waals surface area contributed by atoms with E-state index >= 15 is 0 Å². The van der Waals surface area contributed by atoms with Gasteiger partial charge in [-0.1, -0.05) is 24.3 Å². The van der Waals surface area contributed by atoms with E-state index in [1.165, 1.54) is 6.07 Å². The molecule has 2 aromatic carbocycles. The lowest BCUT2D eigenvalue weighted by molar-refractivity contribution is -0.117. The number of aryl methyl sites for hydroxylation is 1. The zero-order chi connectivity index (χ0) is 19.2. The normalized spacial score (nSPS) is 14.6. The quantitative estimate of drug-likeness (QED) is 0.630. The first-order valence-electron chi connectivity index (χ1n) is 9.15. The summed E-state index contributed by atoms with van der Waals surface area (Å²) in [4.78, 5) is 17.8. The second kappa shape index (κ2) is 8.66. The minimum atomic E-state index is -0.200. The van der Waals surface area contributed by atoms with Gasteiger partial charge in [0.1, 0.15) is 5.82 Å². The van der Waals surface area contributed by atoms with Gasteiger partial charge in [-0.15, -0.1) is 0 Å². The SMILES string of the molecule is CN=C(NCc1ccc(N2CCCC2=O)cc1)NCc1ccc(C)c(F)c1. The summed E-state index contributed by atoms with van der Waals surface area (Å²) in [5.74, 6) is 0.640. The van der Waals surface area contributed by atoms with Gasteiger partial charge in [0.2, 0.25) is 5.91 Å². The molecule has 5 nitrogen and oxygen atoms in total. The van der Waals surface area contributed by atoms with E-state index in [4.69, 9.17) is 0 Å². The topological polar surface area (TPSA) is 56.7 Å². The van der Waals surface area contributed by atoms with Crippen LogP contribution in [0, 0.1) is 12.7 Å². The van der Waals surface area contributed by atoms with Crippen LogP contribution < -0.4 is 15.5 Å². The average molecular weight is 368 g/mol. The van der Waals surface area contributed by atoms with Crippen LogP contribution in [0.4, 0.5) is 10.1 Å². The van der Waals surface area contributed by atoms with Gasteiger partial charge in [-0.3, -0.25) is 9.79 Å². The fourth-order valence-corrected chi connectivity index (χ4v) is 3.05. The van der Waals surface area contributed by atoms with Crippen molar-refractivity contribution in [3.8, 4) is 0 Å². The Balaban J connectivity index is 1.51. The number of carbonyl (C=O) groups is 1. The number of hydrogen-bond acceptors (Lipinski definition) is 2. The number of guanidine groups is 1. The molecular formula is C21H25FN4O. The molecule has 1 heterocycles. The summed E-state index contributed by atoms with van der Waals surface area (Å²) in [6.45, 7) is 3.65. The summed E-state index contributed by atoms with van der Waals surface area (Å²) in [5.41, 5.74) is 3.54. The molecule has 6 heteroatoms. The summed E-state index contributed by atoms with van der Waals surface area (Å²) in [6.07, 6.45) is 1.56. The molecule has 27 heavy (non-hydrogen) atoms. The van der Waals surface area contributed by atoms with Crippen LogP contribution in [0.3, 0.4) is 0 Å². The standard InChI is InChI=1S/C21H25FN4O/c1-15-5-6-17(12-19(15)22)14-25-21(23-2)24-13-16-7-9-18(10-8-16)26-11-3-4-20(26)27/h5-10,12H,3-4,11,13-14H2,1-2H3,(H2,23,24,25). The summed E-state index contributed by atoms with van der Waals surface area (Å²) in [7, 11) is 1.70. The number of benzene rings is 2. The van der Waals surface area contributed by atoms with Gasteiger partial charge in [-0.2, -0.15) is 0 Å². The van der Waals surface area contributed by atoms with E-state index in [0.29, 0.717) is 31.0 Å². The first kappa shape index (κ1) is 18.9. The molecule has 0 radical (unpaired) electrons. The Bertz CT molecular complexity index is 833. The Kier molecular flexibility index (Phi) is 6.06. The number of nitrogens with zero attached hydrogens (tertiary/aromatic N) is 2. The predicted octanol–water partition coefficient (Wildman–Crippen LogP) is 3.13. The van der Waals surface area contributed by atoms with Crippen LogP contribution >= 0.6 is 0 Å². The van der Waals surface area contributed by atoms with Crippen molar-refractivity contribution in [2.24, 2.45) is 4.99 Å². The third kappa shape index (κ3) is 4.84. The molecule has 3 rings (SSSR count). The van der Waals surface area contributed by atoms with Crippen molar-refractivity contribution in [1.29, 1.82) is 0 Å². The molecule has 0 spiro atoms. The highest BCUT2D eigenvalue weighted by atomic mass is 19.1. The highest BCUT2D eigenvalue weighted by Gasteiger charge is 2.21. The highest BCUT2D eigenvalue weighted by molar-refractivity contribution is 5.95. The third-order valence-corrected chi connectivity index (χ3v) is 4.70. The van der Waals surface area contributed by atoms with Gasteiger partial charge in [0, 0.05) is 38.8 Å². The fraction of sp³-hybridized carbons (Fsp3) is 0.333. The van der Waals surface area contributed by atoms with Crippen LogP contribution in [-0.2, 0) is 17.9 Å². The van der Waals surface area contributed by atoms with E-state index in [1.807, 2.05) is 35.2 Å². The van der Waals surface area contributed by atoms with Gasteiger partial charge < -0.3 is 15.5 Å². The molecule has 142 valence electrons. The maximum absolute atomic E-state index is 13.6. The van der Waals surface area contributed by atoms with Gasteiger partial charge >= 0.3 is 0 Å². The molecule has 1 fully saturated rings. The maximum atomic E-state index is 13.6. The van der Waals surface area contributed by atoms with E-state index in [0.717, 1.165) is 29.8 Å². The molecule has 0 aliphatic carbocycles. The van der Waals surface area contributed by atoms with E-state index in [2.05, 4.69) is 15.6 Å². The second-order valence-corrected chi connectivity index (χ2v) is 6.68. The molecule has 0 unspecified atom stereocenters. The molecule has 2 N–H and O–H groups in total. The van der Waals surface area contributed by atoms with Gasteiger partial charge in [0.25, 0.3) is 0 Å². The minimum Gasteiger partial charge on any atom is -0.352 e. The van der Waals surface area contributed by atoms with Crippen molar-refractivity contribution in [1.82, 2.24) is 10.6 Å². The van der Waals surface area contributed by atoms with Crippen LogP contribution in [0.15, 0.2) is 47.5 Å². The lowest BCUT2D eigenvalue weighted by Crippen LogP contribution is -2.36. The minimum absolute atomic E-state index is 0.193. The van der Waals surface area contributed by atoms with Crippen LogP contribution in [0.25, 0.3) is 0 Å². The first-order valence-corrected chi connectivity index (χ1v) is 9.15. The molecule has 0 bridgehead atoms. The lowest BCUT2D eigenvalue weighted by Gasteiger charge is -2.16. The molecule has 1 aliphatic rings. The van der Waals surface area contributed by atoms with Crippen LogP contribution in [0.5, 0.6) is 0 Å². The average Bonchev–Trinajstić information content (AvgIpc) is 3.11. The molecule has 0 aromatic heterocycles. The van der Waals surface area contributed by atoms with Crippen LogP contribution in [0.2, 0.25) is 0 Å². The van der Waals surface area contributed by atoms with E-state index < -0.39 is 0 Å². The highest BCUT2D eigenvalue weighted by Crippen LogP contribution is 2.21. The smallest absolute Gasteiger partial charge is 0.227 e. The molecule has 1 aliphatic heterocycles. The van der Waals surface area contributed by atoms with E-state index in [1.54, 1.807) is 20.0 Å². The number of aliphatic imine (C=N–C) groups is 1. The lowest BCUT2D eigenvalue weighted by atomic mass is 10.1. The number of nitrogens with one attached hydrogen (secondary N) is 2. The summed E-state index contributed by atoms with van der Waals surface area (Å²) in [5, 5.41) is 6.43. The van der Waals surface area contributed by atoms with Gasteiger partial charge in [-0.25, -0.2) is 4.39 Å². The molecule has 1 saturated heterocycles. The van der Waals surface area contributed by atoms with Crippen LogP contribution in [-0.4, -0.2) is 25.5 Å². The van der Waals surface area contributed by atoms with Crippen molar-refractivity contribution in [3.63, 3.8) is 0 Å². The summed E-state index contributed by atoms with van der Waals surface area (Å²) < 4.78 is 13.6. The van der Waals surface area contributed by atoms with Crippen molar-refractivity contribution in [3.05, 3.63) is 65.0 Å². The second-order valence-electron chi connectivity index (χ2n) is 6.68. The molecule has 1 amide bonds. The van der Waals surface area contributed by atoms with E-state index in [-0.39, 0.29) is 11.7 Å². The maximum Gasteiger partial charge on any atom is 0.227 e. The van der Waals surface area contributed by atoms with Crippen molar-refractivity contribution >= 4 is 17.6 Å². The first-order chi connectivity index (χ1) is 13.1. The van der Waals surface area contributed by atoms with Gasteiger partial charge in [0.15, 0.2) is 5.96 Å². The largest absolute Gasteiger partial charge is 0.352 e. The number of halogens is 1. The molecule has 0 atom stereocenters. The Morgan fingerprint density at radius 1 is 1.11 bits per heavy atom. The fourth-order valence-electron chi connectivity index (χ4n) is 3.05. The summed E-state index contributed by atoms with van der Waals surface area (Å²) in [6, 6.07) is 13.2. The van der Waals surface area contributed by atoms with Gasteiger partial charge in [-0.05, 0) is 48.2 Å². The van der Waals surface area contributed by atoms with Gasteiger partial charge in [0.05, 0.1) is 0 Å². The summed E-state index contributed by atoms with van der Waals surface area (Å²) >= 11 is 0. The molecular weight excluding hydrogens is 343 g/mol. The number of amides is 1. The number of rotatable bonds is 5. The third-order valence-electron chi connectivity index (χ3n) is 4.70. The van der Waals surface area contributed by atoms with E-state index in [9.17, 15) is 9.18 Å². The number of anilines is 1. The Hall–Kier alpha value is -2.89. The molecule has 0 saturated carbocycles. The number of hydrogen-bond donors (Lipinski definition) is 2. The molecule has 2 aromatic rings. The van der Waals surface area contributed by atoms with Crippen LogP contribution in [0.1, 0.15) is 29.5 Å². The Labute approximate surface area is 159 Å². The van der Waals surface area contributed by atoms with Crippen molar-refractivity contribution < 1.29 is 9.18 Å².